The van der Waals surface area contributed by atoms with E-state index < -0.39 is 10.0 Å². The molecule has 0 radical (unpaired) electrons. The summed E-state index contributed by atoms with van der Waals surface area (Å²) in [5, 5.41) is 0. The highest BCUT2D eigenvalue weighted by Crippen LogP contribution is 2.25. The third-order valence-corrected chi connectivity index (χ3v) is 5.33. The SMILES string of the molecule is CCCC1=CC=C(S(=O)(=O)Nc2ccc(ONC)c(CC)c2)C=CC1.[HH]. The van der Waals surface area contributed by atoms with E-state index in [1.165, 1.54) is 5.57 Å². The van der Waals surface area contributed by atoms with Crippen molar-refractivity contribution in [3.63, 3.8) is 0 Å². The van der Waals surface area contributed by atoms with E-state index in [0.29, 0.717) is 11.4 Å². The summed E-state index contributed by atoms with van der Waals surface area (Å²) in [5.41, 5.74) is 5.32. The number of nitrogens with one attached hydrogen (secondary N) is 2. The van der Waals surface area contributed by atoms with Gasteiger partial charge in [-0.1, -0.05) is 38.0 Å². The second kappa shape index (κ2) is 8.87. The Morgan fingerprint density at radius 1 is 1.24 bits per heavy atom. The monoisotopic (exact) mass is 364 g/mol. The van der Waals surface area contributed by atoms with Crippen LogP contribution < -0.4 is 15.0 Å². The molecule has 0 aliphatic heterocycles. The summed E-state index contributed by atoms with van der Waals surface area (Å²) in [6, 6.07) is 5.25. The van der Waals surface area contributed by atoms with Crippen molar-refractivity contribution in [2.24, 2.45) is 0 Å². The molecule has 1 aromatic carbocycles. The van der Waals surface area contributed by atoms with E-state index in [2.05, 4.69) is 17.1 Å². The largest absolute Gasteiger partial charge is 0.409 e. The van der Waals surface area contributed by atoms with Crippen molar-refractivity contribution in [2.45, 2.75) is 39.5 Å². The van der Waals surface area contributed by atoms with Crippen molar-refractivity contribution < 1.29 is 14.7 Å². The van der Waals surface area contributed by atoms with Crippen molar-refractivity contribution in [2.75, 3.05) is 11.8 Å². The Morgan fingerprint density at radius 2 is 2.04 bits per heavy atom. The quantitative estimate of drug-likeness (QED) is 0.674. The third kappa shape index (κ3) is 5.21. The summed E-state index contributed by atoms with van der Waals surface area (Å²) < 4.78 is 28.0. The van der Waals surface area contributed by atoms with E-state index >= 15 is 0 Å². The molecule has 0 saturated carbocycles. The second-order valence-corrected chi connectivity index (χ2v) is 7.52. The fraction of sp³-hybridized carbons (Fsp3) is 0.368. The van der Waals surface area contributed by atoms with Crippen LogP contribution in [0.15, 0.2) is 53.0 Å². The van der Waals surface area contributed by atoms with Crippen LogP contribution in [0.1, 0.15) is 40.1 Å². The molecule has 6 heteroatoms. The molecule has 0 saturated heterocycles. The molecule has 0 aromatic heterocycles. The maximum absolute atomic E-state index is 12.7. The number of allylic oxidation sites excluding steroid dienone is 5. The number of hydrogen-bond donors (Lipinski definition) is 2. The molecule has 1 aliphatic rings. The smallest absolute Gasteiger partial charge is 0.261 e. The van der Waals surface area contributed by atoms with Crippen molar-refractivity contribution in [1.29, 1.82) is 0 Å². The molecular weight excluding hydrogens is 336 g/mol. The molecule has 5 nitrogen and oxygen atoms in total. The number of benzene rings is 1. The van der Waals surface area contributed by atoms with Gasteiger partial charge in [0.1, 0.15) is 5.75 Å². The van der Waals surface area contributed by atoms with Gasteiger partial charge in [0.2, 0.25) is 0 Å². The maximum Gasteiger partial charge on any atom is 0.261 e. The molecule has 0 unspecified atom stereocenters. The van der Waals surface area contributed by atoms with E-state index in [0.717, 1.165) is 31.2 Å². The zero-order valence-corrected chi connectivity index (χ0v) is 15.8. The summed E-state index contributed by atoms with van der Waals surface area (Å²) in [5.74, 6) is 0.689. The fourth-order valence-corrected chi connectivity index (χ4v) is 3.76. The molecule has 0 bridgehead atoms. The normalized spacial score (nSPS) is 14.5. The average molecular weight is 365 g/mol. The van der Waals surface area contributed by atoms with E-state index in [4.69, 9.17) is 4.84 Å². The zero-order valence-electron chi connectivity index (χ0n) is 15.0. The average Bonchev–Trinajstić information content (AvgIpc) is 2.83. The Kier molecular flexibility index (Phi) is 6.84. The highest BCUT2D eigenvalue weighted by molar-refractivity contribution is 7.96. The molecule has 0 fully saturated rings. The molecule has 0 atom stereocenters. The van der Waals surface area contributed by atoms with Gasteiger partial charge in [-0.15, -0.1) is 0 Å². The van der Waals surface area contributed by atoms with Crippen molar-refractivity contribution >= 4 is 15.7 Å². The molecule has 0 spiro atoms. The van der Waals surface area contributed by atoms with Crippen LogP contribution >= 0.6 is 0 Å². The van der Waals surface area contributed by atoms with Crippen LogP contribution in [0.5, 0.6) is 5.75 Å². The number of hydroxylamine groups is 1. The molecule has 2 N–H and O–H groups in total. The van der Waals surface area contributed by atoms with Crippen molar-refractivity contribution in [3.8, 4) is 5.75 Å². The van der Waals surface area contributed by atoms with Gasteiger partial charge in [0.05, 0.1) is 4.91 Å². The molecule has 25 heavy (non-hydrogen) atoms. The lowest BCUT2D eigenvalue weighted by Crippen LogP contribution is -2.15. The van der Waals surface area contributed by atoms with E-state index in [1.54, 1.807) is 37.4 Å². The first-order valence-electron chi connectivity index (χ1n) is 8.55. The van der Waals surface area contributed by atoms with Crippen LogP contribution in [0.3, 0.4) is 0 Å². The highest BCUT2D eigenvalue weighted by atomic mass is 32.2. The Bertz CT molecular complexity index is 799. The Hall–Kier alpha value is -2.05. The van der Waals surface area contributed by atoms with Crippen LogP contribution in [0, 0.1) is 0 Å². The lowest BCUT2D eigenvalue weighted by Gasteiger charge is -2.12. The lowest BCUT2D eigenvalue weighted by atomic mass is 10.1. The number of rotatable bonds is 8. The summed E-state index contributed by atoms with van der Waals surface area (Å²) >= 11 is 0. The van der Waals surface area contributed by atoms with Crippen molar-refractivity contribution in [3.05, 3.63) is 58.5 Å². The van der Waals surface area contributed by atoms with Crippen LogP contribution in [-0.2, 0) is 16.4 Å². The topological polar surface area (TPSA) is 67.4 Å². The van der Waals surface area contributed by atoms with Gasteiger partial charge in [0, 0.05) is 14.2 Å². The number of aryl methyl sites for hydroxylation is 1. The van der Waals surface area contributed by atoms with Gasteiger partial charge in [0.15, 0.2) is 0 Å². The molecule has 0 heterocycles. The predicted octanol–water partition coefficient (Wildman–Crippen LogP) is 4.32. The first-order valence-corrected chi connectivity index (χ1v) is 10.0. The fourth-order valence-electron chi connectivity index (χ4n) is 2.68. The van der Waals surface area contributed by atoms with Crippen LogP contribution in [0.2, 0.25) is 0 Å². The van der Waals surface area contributed by atoms with Gasteiger partial charge in [-0.25, -0.2) is 8.42 Å². The molecule has 2 rings (SSSR count). The Labute approximate surface area is 152 Å². The maximum atomic E-state index is 12.7. The van der Waals surface area contributed by atoms with E-state index in [9.17, 15) is 8.42 Å². The van der Waals surface area contributed by atoms with Gasteiger partial charge in [0.25, 0.3) is 10.0 Å². The molecule has 0 amide bonds. The summed E-state index contributed by atoms with van der Waals surface area (Å²) in [4.78, 5) is 5.59. The van der Waals surface area contributed by atoms with Crippen LogP contribution in [-0.4, -0.2) is 15.5 Å². The predicted molar refractivity (Wildman–Crippen MR) is 105 cm³/mol. The minimum atomic E-state index is -3.62. The lowest BCUT2D eigenvalue weighted by molar-refractivity contribution is 0.221. The Balaban J connectivity index is 0.00000338. The summed E-state index contributed by atoms with van der Waals surface area (Å²) in [6.45, 7) is 4.11. The van der Waals surface area contributed by atoms with Crippen LogP contribution in [0.25, 0.3) is 0 Å². The molecule has 1 aliphatic carbocycles. The minimum Gasteiger partial charge on any atom is -0.409 e. The Morgan fingerprint density at radius 3 is 2.72 bits per heavy atom. The van der Waals surface area contributed by atoms with Crippen molar-refractivity contribution in [1.82, 2.24) is 5.48 Å². The molecular formula is C19H28N2O3S. The zero-order chi connectivity index (χ0) is 18.3. The minimum absolute atomic E-state index is 0. The van der Waals surface area contributed by atoms with E-state index in [-0.39, 0.29) is 6.33 Å². The number of hydrogen-bond acceptors (Lipinski definition) is 4. The number of sulfonamides is 1. The van der Waals surface area contributed by atoms with E-state index in [1.807, 2.05) is 19.1 Å². The highest BCUT2D eigenvalue weighted by Gasteiger charge is 2.17. The van der Waals surface area contributed by atoms with Crippen LogP contribution in [0.4, 0.5) is 5.69 Å². The van der Waals surface area contributed by atoms with Gasteiger partial charge in [-0.2, -0.15) is 5.48 Å². The first kappa shape index (κ1) is 19.3. The van der Waals surface area contributed by atoms with Gasteiger partial charge in [-0.05, 0) is 55.2 Å². The molecule has 1 aromatic rings. The third-order valence-electron chi connectivity index (χ3n) is 3.93. The number of anilines is 1. The summed E-state index contributed by atoms with van der Waals surface area (Å²) in [6.07, 6.45) is 10.7. The van der Waals surface area contributed by atoms with Gasteiger partial charge >= 0.3 is 0 Å². The first-order chi connectivity index (χ1) is 12.0. The summed E-state index contributed by atoms with van der Waals surface area (Å²) in [7, 11) is -1.94. The standard InChI is InChI=1S/C19H26N2O3S.H2/c1-4-7-15-8-6-9-18(12-10-15)25(22,23)21-17-11-13-19(24-20-3)16(5-2)14-17;/h6,9-14,20-21H,4-5,7-8H2,1-3H3;1H. The molecule has 138 valence electrons. The van der Waals surface area contributed by atoms with Gasteiger partial charge < -0.3 is 4.84 Å². The van der Waals surface area contributed by atoms with Gasteiger partial charge in [-0.3, -0.25) is 4.72 Å². The second-order valence-electron chi connectivity index (χ2n) is 5.84.